The lowest BCUT2D eigenvalue weighted by atomic mass is 10.00. The van der Waals surface area contributed by atoms with E-state index < -0.39 is 12.0 Å². The van der Waals surface area contributed by atoms with Gasteiger partial charge in [0.2, 0.25) is 5.91 Å². The molecule has 122 valence electrons. The highest BCUT2D eigenvalue weighted by Crippen LogP contribution is 2.14. The molecular weight excluding hydrogens is 300 g/mol. The van der Waals surface area contributed by atoms with Crippen LogP contribution in [0.2, 0.25) is 0 Å². The molecule has 2 aromatic rings. The Morgan fingerprint density at radius 2 is 1.78 bits per heavy atom. The lowest BCUT2D eigenvalue weighted by molar-refractivity contribution is -0.124. The van der Waals surface area contributed by atoms with E-state index in [1.807, 2.05) is 0 Å². The Morgan fingerprint density at radius 3 is 2.43 bits per heavy atom. The topological polar surface area (TPSA) is 49.3 Å². The van der Waals surface area contributed by atoms with Crippen molar-refractivity contribution in [2.24, 2.45) is 5.92 Å². The second-order valence-electron chi connectivity index (χ2n) is 5.51. The molecule has 2 aromatic carbocycles. The quantitative estimate of drug-likeness (QED) is 0.860. The van der Waals surface area contributed by atoms with Gasteiger partial charge in [-0.25, -0.2) is 8.78 Å². The number of benzene rings is 2. The largest absolute Gasteiger partial charge is 0.387 e. The molecule has 0 aliphatic carbocycles. The Hall–Kier alpha value is -2.27. The van der Waals surface area contributed by atoms with Crippen molar-refractivity contribution in [2.75, 3.05) is 6.54 Å². The van der Waals surface area contributed by atoms with E-state index >= 15 is 0 Å². The van der Waals surface area contributed by atoms with Gasteiger partial charge in [-0.1, -0.05) is 37.3 Å². The summed E-state index contributed by atoms with van der Waals surface area (Å²) in [7, 11) is 0. The van der Waals surface area contributed by atoms with Crippen molar-refractivity contribution in [1.82, 2.24) is 5.32 Å². The molecule has 0 heterocycles. The van der Waals surface area contributed by atoms with E-state index in [0.29, 0.717) is 11.1 Å². The Balaban J connectivity index is 1.86. The SMILES string of the molecule is CC(Cc1ccccc1F)C(=O)NCC(O)c1ccc(F)cc1. The zero-order valence-electron chi connectivity index (χ0n) is 12.8. The third-order valence-corrected chi connectivity index (χ3v) is 3.66. The van der Waals surface area contributed by atoms with Crippen molar-refractivity contribution in [3.8, 4) is 0 Å². The minimum absolute atomic E-state index is 0.0199. The second-order valence-corrected chi connectivity index (χ2v) is 5.51. The van der Waals surface area contributed by atoms with Gasteiger partial charge in [0.25, 0.3) is 0 Å². The highest BCUT2D eigenvalue weighted by atomic mass is 19.1. The number of amides is 1. The first kappa shape index (κ1) is 17.1. The number of carbonyl (C=O) groups is 1. The van der Waals surface area contributed by atoms with Crippen LogP contribution in [-0.4, -0.2) is 17.6 Å². The Kier molecular flexibility index (Phi) is 5.82. The molecule has 3 nitrogen and oxygen atoms in total. The molecule has 0 spiro atoms. The fourth-order valence-corrected chi connectivity index (χ4v) is 2.26. The molecule has 5 heteroatoms. The molecule has 0 bridgehead atoms. The third kappa shape index (κ3) is 4.86. The molecule has 23 heavy (non-hydrogen) atoms. The molecule has 2 atom stereocenters. The molecule has 2 N–H and O–H groups in total. The van der Waals surface area contributed by atoms with Gasteiger partial charge in [0.05, 0.1) is 6.10 Å². The molecule has 0 saturated carbocycles. The number of hydrogen-bond acceptors (Lipinski definition) is 2. The lowest BCUT2D eigenvalue weighted by Crippen LogP contribution is -2.33. The van der Waals surface area contributed by atoms with E-state index in [9.17, 15) is 18.7 Å². The zero-order valence-corrected chi connectivity index (χ0v) is 12.8. The van der Waals surface area contributed by atoms with Gasteiger partial charge in [-0.3, -0.25) is 4.79 Å². The number of rotatable bonds is 6. The van der Waals surface area contributed by atoms with Crippen LogP contribution in [0.1, 0.15) is 24.2 Å². The third-order valence-electron chi connectivity index (χ3n) is 3.66. The summed E-state index contributed by atoms with van der Waals surface area (Å²) in [6.45, 7) is 1.72. The van der Waals surface area contributed by atoms with Crippen LogP contribution < -0.4 is 5.32 Å². The maximum atomic E-state index is 13.6. The summed E-state index contributed by atoms with van der Waals surface area (Å²) in [6.07, 6.45) is -0.634. The van der Waals surface area contributed by atoms with Gasteiger partial charge in [-0.15, -0.1) is 0 Å². The minimum Gasteiger partial charge on any atom is -0.387 e. The zero-order chi connectivity index (χ0) is 16.8. The predicted molar refractivity (Wildman–Crippen MR) is 83.6 cm³/mol. The van der Waals surface area contributed by atoms with Crippen LogP contribution in [-0.2, 0) is 11.2 Å². The summed E-state index contributed by atoms with van der Waals surface area (Å²) in [4.78, 5) is 12.0. The van der Waals surface area contributed by atoms with Crippen molar-refractivity contribution >= 4 is 5.91 Å². The first-order chi connectivity index (χ1) is 11.0. The summed E-state index contributed by atoms with van der Waals surface area (Å²) in [5, 5.41) is 12.6. The van der Waals surface area contributed by atoms with Crippen LogP contribution >= 0.6 is 0 Å². The first-order valence-corrected chi connectivity index (χ1v) is 7.42. The molecule has 1 amide bonds. The highest BCUT2D eigenvalue weighted by Gasteiger charge is 2.17. The second kappa shape index (κ2) is 7.83. The average Bonchev–Trinajstić information content (AvgIpc) is 2.55. The summed E-state index contributed by atoms with van der Waals surface area (Å²) >= 11 is 0. The van der Waals surface area contributed by atoms with Gasteiger partial charge in [0.15, 0.2) is 0 Å². The molecule has 0 fully saturated rings. The number of nitrogens with one attached hydrogen (secondary N) is 1. The summed E-state index contributed by atoms with van der Waals surface area (Å²) < 4.78 is 26.4. The van der Waals surface area contributed by atoms with Gasteiger partial charge >= 0.3 is 0 Å². The lowest BCUT2D eigenvalue weighted by Gasteiger charge is -2.16. The van der Waals surface area contributed by atoms with Crippen LogP contribution in [0.5, 0.6) is 0 Å². The van der Waals surface area contributed by atoms with E-state index in [2.05, 4.69) is 5.32 Å². The van der Waals surface area contributed by atoms with E-state index in [1.165, 1.54) is 30.3 Å². The standard InChI is InChI=1S/C18H19F2NO2/c1-12(10-14-4-2-3-5-16(14)20)18(23)21-11-17(22)13-6-8-15(19)9-7-13/h2-9,12,17,22H,10-11H2,1H3,(H,21,23). The smallest absolute Gasteiger partial charge is 0.223 e. The van der Waals surface area contributed by atoms with Gasteiger partial charge in [-0.2, -0.15) is 0 Å². The summed E-state index contributed by atoms with van der Waals surface area (Å²) in [6, 6.07) is 11.8. The molecule has 2 unspecified atom stereocenters. The van der Waals surface area contributed by atoms with Crippen molar-refractivity contribution in [1.29, 1.82) is 0 Å². The Labute approximate surface area is 134 Å². The van der Waals surface area contributed by atoms with Crippen LogP contribution in [0.4, 0.5) is 8.78 Å². The number of aliphatic hydroxyl groups excluding tert-OH is 1. The van der Waals surface area contributed by atoms with Crippen LogP contribution in [0.3, 0.4) is 0 Å². The van der Waals surface area contributed by atoms with Crippen LogP contribution in [0.25, 0.3) is 0 Å². The molecule has 0 aliphatic rings. The Bertz CT molecular complexity index is 658. The fourth-order valence-electron chi connectivity index (χ4n) is 2.26. The fraction of sp³-hybridized carbons (Fsp3) is 0.278. The molecule has 2 rings (SSSR count). The highest BCUT2D eigenvalue weighted by molar-refractivity contribution is 5.78. The summed E-state index contributed by atoms with van der Waals surface area (Å²) in [5.74, 6) is -1.41. The molecule has 0 aliphatic heterocycles. The van der Waals surface area contributed by atoms with Crippen molar-refractivity contribution in [3.05, 3.63) is 71.3 Å². The van der Waals surface area contributed by atoms with E-state index in [1.54, 1.807) is 25.1 Å². The van der Waals surface area contributed by atoms with Gasteiger partial charge in [0, 0.05) is 12.5 Å². The number of halogens is 2. The van der Waals surface area contributed by atoms with Gasteiger partial charge < -0.3 is 10.4 Å². The van der Waals surface area contributed by atoms with Gasteiger partial charge in [-0.05, 0) is 35.7 Å². The molecular formula is C18H19F2NO2. The van der Waals surface area contributed by atoms with Gasteiger partial charge in [0.1, 0.15) is 11.6 Å². The molecule has 0 radical (unpaired) electrons. The van der Waals surface area contributed by atoms with Crippen LogP contribution in [0, 0.1) is 17.6 Å². The van der Waals surface area contributed by atoms with Crippen LogP contribution in [0.15, 0.2) is 48.5 Å². The van der Waals surface area contributed by atoms with E-state index in [-0.39, 0.29) is 30.5 Å². The number of carbonyl (C=O) groups excluding carboxylic acids is 1. The molecule has 0 saturated heterocycles. The van der Waals surface area contributed by atoms with Crippen molar-refractivity contribution < 1.29 is 18.7 Å². The van der Waals surface area contributed by atoms with Crippen molar-refractivity contribution in [3.63, 3.8) is 0 Å². The van der Waals surface area contributed by atoms with E-state index in [0.717, 1.165) is 0 Å². The maximum Gasteiger partial charge on any atom is 0.223 e. The Morgan fingerprint density at radius 1 is 1.13 bits per heavy atom. The monoisotopic (exact) mass is 319 g/mol. The van der Waals surface area contributed by atoms with Crippen molar-refractivity contribution in [2.45, 2.75) is 19.4 Å². The number of aliphatic hydroxyl groups is 1. The number of hydrogen-bond donors (Lipinski definition) is 2. The minimum atomic E-state index is -0.916. The molecule has 0 aromatic heterocycles. The first-order valence-electron chi connectivity index (χ1n) is 7.42. The average molecular weight is 319 g/mol. The van der Waals surface area contributed by atoms with E-state index in [4.69, 9.17) is 0 Å². The summed E-state index contributed by atoms with van der Waals surface area (Å²) in [5.41, 5.74) is 1.00. The maximum absolute atomic E-state index is 13.6. The predicted octanol–water partition coefficient (Wildman–Crippen LogP) is 2.99. The normalized spacial score (nSPS) is 13.4.